The van der Waals surface area contributed by atoms with Crippen molar-refractivity contribution in [3.63, 3.8) is 0 Å². The molecule has 2 aliphatic rings. The van der Waals surface area contributed by atoms with Gasteiger partial charge in [0.15, 0.2) is 0 Å². The van der Waals surface area contributed by atoms with Crippen LogP contribution in [0.1, 0.15) is 18.4 Å². The minimum absolute atomic E-state index is 0.0533. The minimum atomic E-state index is -0.291. The Kier molecular flexibility index (Phi) is 3.63. The van der Waals surface area contributed by atoms with Crippen LogP contribution < -0.4 is 4.74 Å². The average Bonchev–Trinajstić information content (AvgIpc) is 2.89. The van der Waals surface area contributed by atoms with Gasteiger partial charge in [-0.3, -0.25) is 4.79 Å². The van der Waals surface area contributed by atoms with Crippen molar-refractivity contribution in [2.24, 2.45) is 0 Å². The van der Waals surface area contributed by atoms with Crippen LogP contribution >= 0.6 is 0 Å². The van der Waals surface area contributed by atoms with Gasteiger partial charge in [0.05, 0.1) is 18.8 Å². The monoisotopic (exact) mass is 277 g/mol. The van der Waals surface area contributed by atoms with E-state index < -0.39 is 0 Å². The molecule has 0 radical (unpaired) electrons. The number of fused-ring (bicyclic) bond motifs is 1. The molecule has 0 spiro atoms. The minimum Gasteiger partial charge on any atom is -0.492 e. The Morgan fingerprint density at radius 2 is 2.20 bits per heavy atom. The lowest BCUT2D eigenvalue weighted by Gasteiger charge is -2.37. The Hall–Kier alpha value is -1.59. The highest BCUT2D eigenvalue weighted by Crippen LogP contribution is 2.35. The van der Waals surface area contributed by atoms with Crippen LogP contribution in [-0.4, -0.2) is 54.4 Å². The molecule has 0 saturated carbocycles. The number of ether oxygens (including phenoxy) is 2. The molecular weight excluding hydrogens is 258 g/mol. The average molecular weight is 277 g/mol. The Balaban J connectivity index is 1.76. The first-order chi connectivity index (χ1) is 9.69. The molecule has 0 aliphatic carbocycles. The van der Waals surface area contributed by atoms with Crippen LogP contribution in [0.25, 0.3) is 0 Å². The predicted molar refractivity (Wildman–Crippen MR) is 72.7 cm³/mol. The molecule has 3 unspecified atom stereocenters. The first-order valence-corrected chi connectivity index (χ1v) is 6.96. The number of carbonyl (C=O) groups is 1. The molecule has 1 saturated heterocycles. The summed E-state index contributed by atoms with van der Waals surface area (Å²) in [4.78, 5) is 14.5. The van der Waals surface area contributed by atoms with Crippen LogP contribution in [0.5, 0.6) is 5.75 Å². The van der Waals surface area contributed by atoms with Crippen molar-refractivity contribution in [3.8, 4) is 5.75 Å². The molecule has 3 atom stereocenters. The molecule has 0 aromatic heterocycles. The predicted octanol–water partition coefficient (Wildman–Crippen LogP) is 0.771. The van der Waals surface area contributed by atoms with E-state index in [9.17, 15) is 9.90 Å². The Morgan fingerprint density at radius 3 is 3.00 bits per heavy atom. The van der Waals surface area contributed by atoms with Crippen LogP contribution in [0.4, 0.5) is 0 Å². The first kappa shape index (κ1) is 13.4. The summed E-state index contributed by atoms with van der Waals surface area (Å²) in [5, 5.41) is 9.24. The summed E-state index contributed by atoms with van der Waals surface area (Å²) in [5.41, 5.74) is 0.956. The number of aliphatic hydroxyl groups is 1. The number of morpholine rings is 1. The van der Waals surface area contributed by atoms with Crippen LogP contribution in [0.15, 0.2) is 24.3 Å². The van der Waals surface area contributed by atoms with Gasteiger partial charge >= 0.3 is 0 Å². The molecule has 1 aromatic carbocycles. The molecule has 5 nitrogen and oxygen atoms in total. The molecule has 1 N–H and O–H groups in total. The number of aliphatic hydroxyl groups excluding tert-OH is 1. The van der Waals surface area contributed by atoms with E-state index in [0.717, 1.165) is 11.3 Å². The van der Waals surface area contributed by atoms with Gasteiger partial charge in [-0.25, -0.2) is 0 Å². The van der Waals surface area contributed by atoms with E-state index in [2.05, 4.69) is 0 Å². The third kappa shape index (κ3) is 2.39. The zero-order valence-corrected chi connectivity index (χ0v) is 11.5. The molecule has 20 heavy (non-hydrogen) atoms. The summed E-state index contributed by atoms with van der Waals surface area (Å²) < 4.78 is 11.1. The van der Waals surface area contributed by atoms with Gasteiger partial charge in [0, 0.05) is 18.7 Å². The number of benzene rings is 1. The molecule has 1 fully saturated rings. The van der Waals surface area contributed by atoms with Crippen molar-refractivity contribution in [1.29, 1.82) is 0 Å². The van der Waals surface area contributed by atoms with Crippen molar-refractivity contribution in [1.82, 2.24) is 4.90 Å². The number of para-hydroxylation sites is 1. The summed E-state index contributed by atoms with van der Waals surface area (Å²) in [6.45, 7) is 3.26. The number of hydrogen-bond acceptors (Lipinski definition) is 4. The lowest BCUT2D eigenvalue weighted by molar-refractivity contribution is -0.148. The zero-order valence-electron chi connectivity index (χ0n) is 11.5. The maximum absolute atomic E-state index is 12.7. The van der Waals surface area contributed by atoms with Gasteiger partial charge in [0.2, 0.25) is 5.91 Å². The number of nitrogens with zero attached hydrogens (tertiary/aromatic N) is 1. The SMILES string of the molecule is CC1CN(C(=O)C2COc3ccccc32)CC(CO)O1. The van der Waals surface area contributed by atoms with Gasteiger partial charge in [0.25, 0.3) is 0 Å². The molecule has 2 aliphatic heterocycles. The van der Waals surface area contributed by atoms with E-state index in [0.29, 0.717) is 19.7 Å². The van der Waals surface area contributed by atoms with Gasteiger partial charge in [0.1, 0.15) is 18.3 Å². The Labute approximate surface area is 118 Å². The summed E-state index contributed by atoms with van der Waals surface area (Å²) in [6.07, 6.45) is -0.345. The van der Waals surface area contributed by atoms with Crippen molar-refractivity contribution < 1.29 is 19.4 Å². The van der Waals surface area contributed by atoms with E-state index in [-0.39, 0.29) is 30.6 Å². The molecule has 1 aromatic rings. The normalized spacial score (nSPS) is 28.9. The highest BCUT2D eigenvalue weighted by molar-refractivity contribution is 5.85. The second-order valence-electron chi connectivity index (χ2n) is 5.40. The Morgan fingerprint density at radius 1 is 1.40 bits per heavy atom. The quantitative estimate of drug-likeness (QED) is 0.867. The molecule has 3 rings (SSSR count). The van der Waals surface area contributed by atoms with Gasteiger partial charge in [-0.15, -0.1) is 0 Å². The van der Waals surface area contributed by atoms with E-state index in [1.807, 2.05) is 31.2 Å². The number of rotatable bonds is 2. The van der Waals surface area contributed by atoms with Gasteiger partial charge in [-0.05, 0) is 13.0 Å². The van der Waals surface area contributed by atoms with Crippen molar-refractivity contribution in [3.05, 3.63) is 29.8 Å². The molecule has 108 valence electrons. The van der Waals surface area contributed by atoms with E-state index in [4.69, 9.17) is 9.47 Å². The zero-order chi connectivity index (χ0) is 14.1. The fourth-order valence-corrected chi connectivity index (χ4v) is 2.91. The molecule has 5 heteroatoms. The third-order valence-corrected chi connectivity index (χ3v) is 3.84. The van der Waals surface area contributed by atoms with Crippen LogP contribution in [-0.2, 0) is 9.53 Å². The molecular formula is C15H19NO4. The Bertz CT molecular complexity index is 504. The summed E-state index contributed by atoms with van der Waals surface area (Å²) in [6, 6.07) is 7.66. The fourth-order valence-electron chi connectivity index (χ4n) is 2.91. The summed E-state index contributed by atoms with van der Waals surface area (Å²) in [7, 11) is 0. The van der Waals surface area contributed by atoms with Gasteiger partial charge in [-0.1, -0.05) is 18.2 Å². The van der Waals surface area contributed by atoms with Gasteiger partial charge in [-0.2, -0.15) is 0 Å². The lowest BCUT2D eigenvalue weighted by Crippen LogP contribution is -2.51. The largest absolute Gasteiger partial charge is 0.492 e. The van der Waals surface area contributed by atoms with Crippen LogP contribution in [0, 0.1) is 0 Å². The molecule has 2 heterocycles. The van der Waals surface area contributed by atoms with Crippen molar-refractivity contribution in [2.75, 3.05) is 26.3 Å². The number of hydrogen-bond donors (Lipinski definition) is 1. The number of amides is 1. The van der Waals surface area contributed by atoms with E-state index in [1.54, 1.807) is 4.90 Å². The first-order valence-electron chi connectivity index (χ1n) is 6.96. The fraction of sp³-hybridized carbons (Fsp3) is 0.533. The second-order valence-corrected chi connectivity index (χ2v) is 5.40. The topological polar surface area (TPSA) is 59.0 Å². The number of carbonyl (C=O) groups excluding carboxylic acids is 1. The maximum atomic E-state index is 12.7. The van der Waals surface area contributed by atoms with Crippen molar-refractivity contribution in [2.45, 2.75) is 25.0 Å². The molecule has 1 amide bonds. The highest BCUT2D eigenvalue weighted by Gasteiger charge is 2.36. The van der Waals surface area contributed by atoms with E-state index >= 15 is 0 Å². The second kappa shape index (κ2) is 5.42. The van der Waals surface area contributed by atoms with E-state index in [1.165, 1.54) is 0 Å². The smallest absolute Gasteiger partial charge is 0.233 e. The van der Waals surface area contributed by atoms with Crippen LogP contribution in [0.3, 0.4) is 0 Å². The van der Waals surface area contributed by atoms with Crippen molar-refractivity contribution >= 4 is 5.91 Å². The highest BCUT2D eigenvalue weighted by atomic mass is 16.5. The maximum Gasteiger partial charge on any atom is 0.233 e. The molecule has 0 bridgehead atoms. The summed E-state index contributed by atoms with van der Waals surface area (Å²) in [5.74, 6) is 0.616. The van der Waals surface area contributed by atoms with Gasteiger partial charge < -0.3 is 19.5 Å². The van der Waals surface area contributed by atoms with Crippen LogP contribution in [0.2, 0.25) is 0 Å². The summed E-state index contributed by atoms with van der Waals surface area (Å²) >= 11 is 0. The standard InChI is InChI=1S/C15H19NO4/c1-10-6-16(7-11(8-17)20-10)15(18)13-9-19-14-5-3-2-4-12(13)14/h2-5,10-11,13,17H,6-9H2,1H3. The lowest BCUT2D eigenvalue weighted by atomic mass is 9.99. The third-order valence-electron chi connectivity index (χ3n) is 3.84.